The van der Waals surface area contributed by atoms with Gasteiger partial charge in [-0.05, 0) is 62.1 Å². The van der Waals surface area contributed by atoms with Crippen LogP contribution in [0, 0.1) is 0 Å². The van der Waals surface area contributed by atoms with Crippen LogP contribution in [0.3, 0.4) is 0 Å². The molecule has 4 nitrogen and oxygen atoms in total. The Morgan fingerprint density at radius 2 is 1.96 bits per heavy atom. The first-order chi connectivity index (χ1) is 11.4. The van der Waals surface area contributed by atoms with Crippen LogP contribution in [0.15, 0.2) is 42.5 Å². The highest BCUT2D eigenvalue weighted by atomic mass is 16.5. The number of benzene rings is 2. The van der Waals surface area contributed by atoms with E-state index in [9.17, 15) is 4.79 Å². The summed E-state index contributed by atoms with van der Waals surface area (Å²) in [6.07, 6.45) is 1.03. The first-order valence-electron chi connectivity index (χ1n) is 8.17. The third-order valence-corrected chi connectivity index (χ3v) is 4.38. The summed E-state index contributed by atoms with van der Waals surface area (Å²) in [5, 5.41) is 3.54. The number of anilines is 1. The molecule has 0 aliphatic carbocycles. The lowest BCUT2D eigenvalue weighted by molar-refractivity contribution is 0.0731. The molecule has 3 rings (SSSR count). The van der Waals surface area contributed by atoms with Crippen LogP contribution in [0.5, 0.6) is 11.5 Å². The molecule has 1 aliphatic heterocycles. The van der Waals surface area contributed by atoms with Crippen molar-refractivity contribution < 1.29 is 14.3 Å². The van der Waals surface area contributed by atoms with Crippen molar-refractivity contribution in [1.82, 2.24) is 0 Å². The molecule has 0 saturated heterocycles. The average Bonchev–Trinajstić information content (AvgIpc) is 2.54. The highest BCUT2D eigenvalue weighted by Gasteiger charge is 2.29. The predicted octanol–water partition coefficient (Wildman–Crippen LogP) is 4.61. The smallest absolute Gasteiger partial charge is 0.347 e. The van der Waals surface area contributed by atoms with Gasteiger partial charge in [0.05, 0.1) is 7.11 Å². The van der Waals surface area contributed by atoms with Crippen LogP contribution < -0.4 is 14.8 Å². The lowest BCUT2D eigenvalue weighted by Gasteiger charge is -2.37. The summed E-state index contributed by atoms with van der Waals surface area (Å²) in [5.41, 5.74) is 2.78. The minimum atomic E-state index is -0.413. The van der Waals surface area contributed by atoms with Crippen molar-refractivity contribution in [2.75, 3.05) is 12.4 Å². The van der Waals surface area contributed by atoms with E-state index in [1.165, 1.54) is 5.56 Å². The second kappa shape index (κ2) is 6.19. The zero-order valence-corrected chi connectivity index (χ0v) is 14.6. The van der Waals surface area contributed by atoms with Gasteiger partial charge in [0, 0.05) is 11.2 Å². The Hall–Kier alpha value is -2.49. The van der Waals surface area contributed by atoms with Gasteiger partial charge in [-0.2, -0.15) is 0 Å². The zero-order valence-electron chi connectivity index (χ0n) is 14.6. The molecule has 1 atom stereocenters. The molecular formula is C20H23NO3. The second-order valence-electron chi connectivity index (χ2n) is 6.95. The number of ether oxygens (including phenoxy) is 2. The van der Waals surface area contributed by atoms with E-state index in [4.69, 9.17) is 9.47 Å². The molecule has 1 N–H and O–H groups in total. The van der Waals surface area contributed by atoms with Gasteiger partial charge in [-0.15, -0.1) is 0 Å². The molecule has 0 spiro atoms. The van der Waals surface area contributed by atoms with Crippen molar-refractivity contribution in [3.8, 4) is 11.5 Å². The van der Waals surface area contributed by atoms with Crippen molar-refractivity contribution in [3.05, 3.63) is 53.6 Å². The summed E-state index contributed by atoms with van der Waals surface area (Å²) in [6.45, 7) is 6.59. The Morgan fingerprint density at radius 3 is 2.71 bits per heavy atom. The minimum absolute atomic E-state index is 0.0714. The summed E-state index contributed by atoms with van der Waals surface area (Å²) < 4.78 is 10.8. The molecular weight excluding hydrogens is 302 g/mol. The monoisotopic (exact) mass is 325 g/mol. The molecule has 0 fully saturated rings. The van der Waals surface area contributed by atoms with Gasteiger partial charge in [-0.3, -0.25) is 0 Å². The van der Waals surface area contributed by atoms with Gasteiger partial charge < -0.3 is 14.8 Å². The maximum Gasteiger partial charge on any atom is 0.347 e. The number of hydrogen-bond donors (Lipinski definition) is 1. The van der Waals surface area contributed by atoms with Gasteiger partial charge in [0.1, 0.15) is 17.1 Å². The Balaban J connectivity index is 1.84. The predicted molar refractivity (Wildman–Crippen MR) is 95.1 cm³/mol. The molecule has 1 heterocycles. The van der Waals surface area contributed by atoms with Crippen LogP contribution in [-0.2, 0) is 0 Å². The van der Waals surface area contributed by atoms with E-state index in [0.29, 0.717) is 23.0 Å². The number of esters is 1. The van der Waals surface area contributed by atoms with Gasteiger partial charge in [0.2, 0.25) is 0 Å². The Kier molecular flexibility index (Phi) is 4.22. The van der Waals surface area contributed by atoms with Crippen molar-refractivity contribution in [2.45, 2.75) is 38.6 Å². The van der Waals surface area contributed by atoms with Crippen LogP contribution in [-0.4, -0.2) is 18.6 Å². The Labute approximate surface area is 142 Å². The number of rotatable bonds is 3. The van der Waals surface area contributed by atoms with Gasteiger partial charge >= 0.3 is 5.97 Å². The maximum atomic E-state index is 12.4. The number of fused-ring (bicyclic) bond motifs is 1. The number of carbonyl (C=O) groups excluding carboxylic acids is 1. The van der Waals surface area contributed by atoms with Crippen LogP contribution in [0.2, 0.25) is 0 Å². The summed E-state index contributed by atoms with van der Waals surface area (Å²) in [7, 11) is 1.54. The fraction of sp³-hybridized carbons (Fsp3) is 0.350. The average molecular weight is 325 g/mol. The molecule has 2 aromatic carbocycles. The molecule has 0 radical (unpaired) electrons. The lowest BCUT2D eigenvalue weighted by Crippen LogP contribution is -2.36. The Morgan fingerprint density at radius 1 is 1.21 bits per heavy atom. The van der Waals surface area contributed by atoms with Gasteiger partial charge in [-0.1, -0.05) is 19.1 Å². The summed E-state index contributed by atoms with van der Waals surface area (Å²) in [6, 6.07) is 12.8. The number of carbonyl (C=O) groups is 1. The molecule has 1 aliphatic rings. The number of nitrogens with one attached hydrogen (secondary N) is 1. The molecule has 24 heavy (non-hydrogen) atoms. The van der Waals surface area contributed by atoms with Crippen molar-refractivity contribution in [2.24, 2.45) is 0 Å². The number of hydrogen-bond acceptors (Lipinski definition) is 4. The van der Waals surface area contributed by atoms with Crippen molar-refractivity contribution >= 4 is 11.7 Å². The lowest BCUT2D eigenvalue weighted by atomic mass is 9.82. The van der Waals surface area contributed by atoms with E-state index in [1.54, 1.807) is 25.3 Å². The maximum absolute atomic E-state index is 12.4. The third-order valence-electron chi connectivity index (χ3n) is 4.38. The zero-order chi connectivity index (χ0) is 17.3. The van der Waals surface area contributed by atoms with Crippen LogP contribution in [0.25, 0.3) is 0 Å². The largest absolute Gasteiger partial charge is 0.496 e. The van der Waals surface area contributed by atoms with E-state index in [0.717, 1.165) is 12.1 Å². The Bertz CT molecular complexity index is 767. The van der Waals surface area contributed by atoms with Gasteiger partial charge in [-0.25, -0.2) is 4.79 Å². The fourth-order valence-corrected chi connectivity index (χ4v) is 3.39. The van der Waals surface area contributed by atoms with Crippen LogP contribution in [0.4, 0.5) is 5.69 Å². The second-order valence-corrected chi connectivity index (χ2v) is 6.95. The first-order valence-corrected chi connectivity index (χ1v) is 8.17. The molecule has 2 aromatic rings. The van der Waals surface area contributed by atoms with E-state index in [2.05, 4.69) is 26.1 Å². The SMILES string of the molecule is COc1ccccc1C(=O)Oc1ccc2c(c1)[C@@H](C)CC(C)(C)N2. The molecule has 4 heteroatoms. The van der Waals surface area contributed by atoms with Crippen molar-refractivity contribution in [3.63, 3.8) is 0 Å². The highest BCUT2D eigenvalue weighted by molar-refractivity contribution is 5.94. The van der Waals surface area contributed by atoms with E-state index >= 15 is 0 Å². The molecule has 0 amide bonds. The van der Waals surface area contributed by atoms with Crippen LogP contribution in [0.1, 0.15) is 49.0 Å². The summed E-state index contributed by atoms with van der Waals surface area (Å²) in [5.74, 6) is 1.06. The normalized spacial score (nSPS) is 18.2. The van der Waals surface area contributed by atoms with Gasteiger partial charge in [0.15, 0.2) is 0 Å². The van der Waals surface area contributed by atoms with Gasteiger partial charge in [0.25, 0.3) is 0 Å². The van der Waals surface area contributed by atoms with Crippen molar-refractivity contribution in [1.29, 1.82) is 0 Å². The molecule has 0 saturated carbocycles. The molecule has 0 bridgehead atoms. The summed E-state index contributed by atoms with van der Waals surface area (Å²) >= 11 is 0. The van der Waals surface area contributed by atoms with E-state index < -0.39 is 5.97 Å². The molecule has 126 valence electrons. The number of methoxy groups -OCH3 is 1. The van der Waals surface area contributed by atoms with E-state index in [1.807, 2.05) is 24.3 Å². The summed E-state index contributed by atoms with van der Waals surface area (Å²) in [4.78, 5) is 12.4. The highest BCUT2D eigenvalue weighted by Crippen LogP contribution is 2.40. The molecule has 0 aromatic heterocycles. The van der Waals surface area contributed by atoms with E-state index in [-0.39, 0.29) is 5.54 Å². The first kappa shape index (κ1) is 16.4. The molecule has 0 unspecified atom stereocenters. The standard InChI is InChI=1S/C20H23NO3/c1-13-12-20(2,3)21-17-10-9-14(11-16(13)17)24-19(22)15-7-5-6-8-18(15)23-4/h5-11,13,21H,12H2,1-4H3/t13-/m0/s1. The third kappa shape index (κ3) is 3.23. The number of para-hydroxylation sites is 1. The topological polar surface area (TPSA) is 47.6 Å². The minimum Gasteiger partial charge on any atom is -0.496 e. The fourth-order valence-electron chi connectivity index (χ4n) is 3.39. The quantitative estimate of drug-likeness (QED) is 0.661. The van der Waals surface area contributed by atoms with Crippen LogP contribution >= 0.6 is 0 Å².